The van der Waals surface area contributed by atoms with E-state index in [2.05, 4.69) is 11.6 Å². The van der Waals surface area contributed by atoms with E-state index in [1.807, 2.05) is 27.7 Å². The number of nitrogens with zero attached hydrogens (tertiary/aromatic N) is 1. The molecule has 0 aromatic heterocycles. The third-order valence-electron chi connectivity index (χ3n) is 3.69. The van der Waals surface area contributed by atoms with Gasteiger partial charge in [0.05, 0.1) is 18.9 Å². The molecule has 6 heteroatoms. The molecule has 0 saturated carbocycles. The van der Waals surface area contributed by atoms with E-state index in [-0.39, 0.29) is 18.3 Å². The van der Waals surface area contributed by atoms with Crippen LogP contribution < -0.4 is 0 Å². The van der Waals surface area contributed by atoms with Crippen molar-refractivity contribution in [3.63, 3.8) is 0 Å². The van der Waals surface area contributed by atoms with E-state index in [1.54, 1.807) is 6.08 Å². The van der Waals surface area contributed by atoms with E-state index in [9.17, 15) is 0 Å². The Morgan fingerprint density at radius 3 is 2.52 bits per heavy atom. The highest BCUT2D eigenvalue weighted by molar-refractivity contribution is 5.95. The molecule has 3 aliphatic rings. The molecule has 118 valence electrons. The van der Waals surface area contributed by atoms with Gasteiger partial charge in [0.15, 0.2) is 24.0 Å². The molecule has 0 spiro atoms. The van der Waals surface area contributed by atoms with Crippen LogP contribution in [0, 0.1) is 0 Å². The summed E-state index contributed by atoms with van der Waals surface area (Å²) in [6.45, 7) is 12.2. The zero-order chi connectivity index (χ0) is 15.3. The highest BCUT2D eigenvalue weighted by atomic mass is 16.8. The second kappa shape index (κ2) is 5.14. The van der Waals surface area contributed by atoms with Gasteiger partial charge in [0.2, 0.25) is 0 Å². The van der Waals surface area contributed by atoms with Crippen molar-refractivity contribution in [3.05, 3.63) is 12.7 Å². The van der Waals surface area contributed by atoms with Crippen molar-refractivity contribution >= 4 is 5.71 Å². The number of hydrogen-bond donors (Lipinski definition) is 0. The molecule has 3 saturated heterocycles. The van der Waals surface area contributed by atoms with E-state index in [1.165, 1.54) is 0 Å². The lowest BCUT2D eigenvalue weighted by Gasteiger charge is -2.24. The van der Waals surface area contributed by atoms with E-state index in [0.717, 1.165) is 5.71 Å². The molecule has 0 aromatic rings. The van der Waals surface area contributed by atoms with E-state index in [0.29, 0.717) is 13.2 Å². The van der Waals surface area contributed by atoms with Crippen LogP contribution in [0.15, 0.2) is 17.6 Å². The van der Waals surface area contributed by atoms with Crippen LogP contribution in [0.2, 0.25) is 0 Å². The van der Waals surface area contributed by atoms with Crippen molar-refractivity contribution in [3.8, 4) is 0 Å². The Bertz CT molecular complexity index is 459. The summed E-state index contributed by atoms with van der Waals surface area (Å²) in [6, 6.07) is 0. The Hall–Kier alpha value is -0.790. The predicted octanol–water partition coefficient (Wildman–Crippen LogP) is 1.64. The van der Waals surface area contributed by atoms with Crippen molar-refractivity contribution in [1.29, 1.82) is 0 Å². The molecule has 3 heterocycles. The molecule has 0 radical (unpaired) electrons. The molecule has 3 fully saturated rings. The van der Waals surface area contributed by atoms with Gasteiger partial charge in [-0.2, -0.15) is 0 Å². The fourth-order valence-corrected chi connectivity index (χ4v) is 2.90. The molecule has 4 atom stereocenters. The molecule has 0 bridgehead atoms. The van der Waals surface area contributed by atoms with Gasteiger partial charge in [-0.15, -0.1) is 6.58 Å². The highest BCUT2D eigenvalue weighted by Crippen LogP contribution is 2.39. The molecule has 0 aromatic carbocycles. The van der Waals surface area contributed by atoms with Crippen LogP contribution >= 0.6 is 0 Å². The summed E-state index contributed by atoms with van der Waals surface area (Å²) in [4.78, 5) is 4.56. The standard InChI is InChI=1S/C15H23NO5/c1-6-7-16-10-11(9-8-17-14(2,3)19-9)18-13-12(10)20-15(4,5)21-13/h6,9,11-13H,1,7-8H2,2-5H3/t9-,11-,12-,13-/m1/s1. The zero-order valence-electron chi connectivity index (χ0n) is 13.0. The summed E-state index contributed by atoms with van der Waals surface area (Å²) >= 11 is 0. The second-order valence-corrected chi connectivity index (χ2v) is 6.40. The first-order valence-corrected chi connectivity index (χ1v) is 7.29. The van der Waals surface area contributed by atoms with Crippen molar-refractivity contribution < 1.29 is 23.7 Å². The molecule has 3 rings (SSSR count). The summed E-state index contributed by atoms with van der Waals surface area (Å²) in [7, 11) is 0. The van der Waals surface area contributed by atoms with E-state index in [4.69, 9.17) is 23.7 Å². The van der Waals surface area contributed by atoms with Crippen LogP contribution in [0.5, 0.6) is 0 Å². The number of ether oxygens (including phenoxy) is 5. The molecule has 0 aliphatic carbocycles. The largest absolute Gasteiger partial charge is 0.348 e. The van der Waals surface area contributed by atoms with Crippen LogP contribution in [-0.4, -0.2) is 55.0 Å². The lowest BCUT2D eigenvalue weighted by Crippen LogP contribution is -2.39. The monoisotopic (exact) mass is 297 g/mol. The van der Waals surface area contributed by atoms with Gasteiger partial charge in [0.1, 0.15) is 12.2 Å². The van der Waals surface area contributed by atoms with Crippen LogP contribution in [0.3, 0.4) is 0 Å². The maximum atomic E-state index is 5.99. The van der Waals surface area contributed by atoms with Gasteiger partial charge in [-0.3, -0.25) is 4.99 Å². The molecule has 21 heavy (non-hydrogen) atoms. The lowest BCUT2D eigenvalue weighted by atomic mass is 10.1. The Balaban J connectivity index is 1.80. The predicted molar refractivity (Wildman–Crippen MR) is 76.1 cm³/mol. The maximum Gasteiger partial charge on any atom is 0.193 e. The number of hydrogen-bond acceptors (Lipinski definition) is 6. The van der Waals surface area contributed by atoms with Crippen LogP contribution in [0.4, 0.5) is 0 Å². The van der Waals surface area contributed by atoms with Crippen LogP contribution in [-0.2, 0) is 23.7 Å². The fourth-order valence-electron chi connectivity index (χ4n) is 2.90. The number of rotatable bonds is 3. The molecule has 3 aliphatic heterocycles. The SMILES string of the molecule is C=CCN=C1[C@H]2OC(C)(C)O[C@H]2O[C@@H]1[C@H]1COC(C)(C)O1. The van der Waals surface area contributed by atoms with Gasteiger partial charge in [0.25, 0.3) is 0 Å². The third-order valence-corrected chi connectivity index (χ3v) is 3.69. The van der Waals surface area contributed by atoms with Gasteiger partial charge < -0.3 is 23.7 Å². The van der Waals surface area contributed by atoms with Gasteiger partial charge in [-0.1, -0.05) is 6.08 Å². The van der Waals surface area contributed by atoms with Crippen molar-refractivity contribution in [2.24, 2.45) is 4.99 Å². The van der Waals surface area contributed by atoms with E-state index < -0.39 is 17.9 Å². The minimum absolute atomic E-state index is 0.204. The first-order valence-electron chi connectivity index (χ1n) is 7.29. The Morgan fingerprint density at radius 2 is 1.90 bits per heavy atom. The smallest absolute Gasteiger partial charge is 0.193 e. The zero-order valence-corrected chi connectivity index (χ0v) is 13.0. The molecule has 0 N–H and O–H groups in total. The third kappa shape index (κ3) is 2.91. The molecular formula is C15H23NO5. The topological polar surface area (TPSA) is 58.5 Å². The molecule has 0 unspecified atom stereocenters. The molecular weight excluding hydrogens is 274 g/mol. The van der Waals surface area contributed by atoms with Gasteiger partial charge in [-0.25, -0.2) is 0 Å². The maximum absolute atomic E-state index is 5.99. The van der Waals surface area contributed by atoms with Gasteiger partial charge in [-0.05, 0) is 27.7 Å². The second-order valence-electron chi connectivity index (χ2n) is 6.40. The fraction of sp³-hybridized carbons (Fsp3) is 0.800. The quantitative estimate of drug-likeness (QED) is 0.741. The Morgan fingerprint density at radius 1 is 1.14 bits per heavy atom. The van der Waals surface area contributed by atoms with Crippen LogP contribution in [0.25, 0.3) is 0 Å². The van der Waals surface area contributed by atoms with Crippen molar-refractivity contribution in [2.75, 3.05) is 13.2 Å². The first-order chi connectivity index (χ1) is 9.81. The summed E-state index contributed by atoms with van der Waals surface area (Å²) in [5.74, 6) is -1.27. The first kappa shape index (κ1) is 15.1. The van der Waals surface area contributed by atoms with Crippen LogP contribution in [0.1, 0.15) is 27.7 Å². The number of fused-ring (bicyclic) bond motifs is 1. The van der Waals surface area contributed by atoms with E-state index >= 15 is 0 Å². The highest BCUT2D eigenvalue weighted by Gasteiger charge is 2.56. The number of aliphatic imine (C=N–C) groups is 1. The summed E-state index contributed by atoms with van der Waals surface area (Å²) in [5.41, 5.74) is 0.816. The normalized spacial score (nSPS) is 42.4. The van der Waals surface area contributed by atoms with Gasteiger partial charge in [0, 0.05) is 0 Å². The molecule has 6 nitrogen and oxygen atoms in total. The van der Waals surface area contributed by atoms with Crippen molar-refractivity contribution in [2.45, 2.75) is 63.9 Å². The average molecular weight is 297 g/mol. The van der Waals surface area contributed by atoms with Crippen molar-refractivity contribution in [1.82, 2.24) is 0 Å². The average Bonchev–Trinajstić information content (AvgIpc) is 2.96. The lowest BCUT2D eigenvalue weighted by molar-refractivity contribution is -0.211. The Kier molecular flexibility index (Phi) is 3.70. The summed E-state index contributed by atoms with van der Waals surface area (Å²) < 4.78 is 29.2. The van der Waals surface area contributed by atoms with Gasteiger partial charge >= 0.3 is 0 Å². The minimum atomic E-state index is -0.665. The Labute approximate surface area is 125 Å². The minimum Gasteiger partial charge on any atom is -0.348 e. The molecule has 0 amide bonds. The summed E-state index contributed by atoms with van der Waals surface area (Å²) in [6.07, 6.45) is 0.495. The summed E-state index contributed by atoms with van der Waals surface area (Å²) in [5, 5.41) is 0.